The van der Waals surface area contributed by atoms with Gasteiger partial charge in [-0.05, 0) is 36.5 Å². The minimum absolute atomic E-state index is 0.198. The third-order valence-corrected chi connectivity index (χ3v) is 3.28. The molecule has 0 radical (unpaired) electrons. The summed E-state index contributed by atoms with van der Waals surface area (Å²) >= 11 is 0. The Morgan fingerprint density at radius 1 is 1.32 bits per heavy atom. The molecule has 2 rings (SSSR count). The normalized spacial score (nSPS) is 16.1. The molecule has 1 saturated heterocycles. The zero-order chi connectivity index (χ0) is 13.5. The summed E-state index contributed by atoms with van der Waals surface area (Å²) in [4.78, 5) is 11.1. The molecule has 0 atom stereocenters. The van der Waals surface area contributed by atoms with Crippen molar-refractivity contribution in [3.63, 3.8) is 0 Å². The van der Waals surface area contributed by atoms with Crippen molar-refractivity contribution >= 4 is 5.91 Å². The lowest BCUT2D eigenvalue weighted by molar-refractivity contribution is -0.120. The molecule has 1 aromatic rings. The molecule has 1 fully saturated rings. The van der Waals surface area contributed by atoms with Gasteiger partial charge in [0.2, 0.25) is 5.91 Å². The van der Waals surface area contributed by atoms with Crippen molar-refractivity contribution in [1.82, 2.24) is 5.43 Å². The highest BCUT2D eigenvalue weighted by molar-refractivity contribution is 5.77. The van der Waals surface area contributed by atoms with Crippen molar-refractivity contribution in [1.29, 1.82) is 0 Å². The number of hydrogen-bond donors (Lipinski definition) is 2. The van der Waals surface area contributed by atoms with Gasteiger partial charge in [-0.3, -0.25) is 10.2 Å². The van der Waals surface area contributed by atoms with E-state index in [0.717, 1.165) is 44.0 Å². The number of nitrogens with one attached hydrogen (secondary N) is 1. The van der Waals surface area contributed by atoms with Gasteiger partial charge in [-0.1, -0.05) is 12.1 Å². The van der Waals surface area contributed by atoms with Crippen molar-refractivity contribution in [2.24, 2.45) is 11.8 Å². The summed E-state index contributed by atoms with van der Waals surface area (Å²) in [5.41, 5.74) is 3.03. The Bertz CT molecular complexity index is 400. The average Bonchev–Trinajstić information content (AvgIpc) is 2.47. The monoisotopic (exact) mass is 264 g/mol. The molecule has 5 nitrogen and oxygen atoms in total. The minimum Gasteiger partial charge on any atom is -0.493 e. The summed E-state index contributed by atoms with van der Waals surface area (Å²) in [7, 11) is 0. The van der Waals surface area contributed by atoms with E-state index in [1.807, 2.05) is 24.3 Å². The molecule has 0 saturated carbocycles. The highest BCUT2D eigenvalue weighted by Gasteiger charge is 2.14. The Balaban J connectivity index is 1.79. The highest BCUT2D eigenvalue weighted by atomic mass is 16.5. The molecule has 0 aliphatic carbocycles. The molecule has 104 valence electrons. The quantitative estimate of drug-likeness (QED) is 0.473. The van der Waals surface area contributed by atoms with Crippen LogP contribution in [-0.4, -0.2) is 25.7 Å². The topological polar surface area (TPSA) is 73.6 Å². The average molecular weight is 264 g/mol. The van der Waals surface area contributed by atoms with Crippen LogP contribution in [0.1, 0.15) is 18.4 Å². The van der Waals surface area contributed by atoms with E-state index in [1.165, 1.54) is 0 Å². The smallest absolute Gasteiger partial charge is 0.238 e. The largest absolute Gasteiger partial charge is 0.493 e. The number of nitrogens with two attached hydrogens (primary N) is 1. The molecule has 0 unspecified atom stereocenters. The first-order valence-corrected chi connectivity index (χ1v) is 6.57. The van der Waals surface area contributed by atoms with Crippen molar-refractivity contribution in [3.05, 3.63) is 29.8 Å². The molecule has 1 heterocycles. The molecular weight excluding hydrogens is 244 g/mol. The van der Waals surface area contributed by atoms with E-state index in [4.69, 9.17) is 15.3 Å². The number of rotatable bonds is 5. The number of amides is 1. The summed E-state index contributed by atoms with van der Waals surface area (Å²) in [6, 6.07) is 7.54. The van der Waals surface area contributed by atoms with Crippen LogP contribution in [-0.2, 0) is 16.0 Å². The third-order valence-electron chi connectivity index (χ3n) is 3.28. The SMILES string of the molecule is NNC(=O)Cc1ccc(OCC2CCOCC2)cc1. The molecule has 1 amide bonds. The van der Waals surface area contributed by atoms with E-state index >= 15 is 0 Å². The van der Waals surface area contributed by atoms with Crippen LogP contribution < -0.4 is 16.0 Å². The van der Waals surface area contributed by atoms with Crippen LogP contribution in [0.3, 0.4) is 0 Å². The lowest BCUT2D eigenvalue weighted by Gasteiger charge is -2.22. The molecule has 19 heavy (non-hydrogen) atoms. The number of benzene rings is 1. The fourth-order valence-corrected chi connectivity index (χ4v) is 2.07. The molecule has 3 N–H and O–H groups in total. The molecular formula is C14H20N2O3. The lowest BCUT2D eigenvalue weighted by Crippen LogP contribution is -2.31. The van der Waals surface area contributed by atoms with Crippen LogP contribution in [0.15, 0.2) is 24.3 Å². The van der Waals surface area contributed by atoms with Gasteiger partial charge in [0.05, 0.1) is 13.0 Å². The molecule has 0 spiro atoms. The van der Waals surface area contributed by atoms with Crippen LogP contribution in [0.4, 0.5) is 0 Å². The first kappa shape index (κ1) is 13.8. The van der Waals surface area contributed by atoms with Gasteiger partial charge in [-0.25, -0.2) is 5.84 Å². The van der Waals surface area contributed by atoms with E-state index in [0.29, 0.717) is 5.92 Å². The summed E-state index contributed by atoms with van der Waals surface area (Å²) in [5, 5.41) is 0. The highest BCUT2D eigenvalue weighted by Crippen LogP contribution is 2.18. The zero-order valence-corrected chi connectivity index (χ0v) is 10.9. The van der Waals surface area contributed by atoms with Crippen LogP contribution in [0, 0.1) is 5.92 Å². The second kappa shape index (κ2) is 7.11. The van der Waals surface area contributed by atoms with E-state index in [2.05, 4.69) is 5.43 Å². The van der Waals surface area contributed by atoms with Gasteiger partial charge in [0.1, 0.15) is 5.75 Å². The van der Waals surface area contributed by atoms with Crippen molar-refractivity contribution in [3.8, 4) is 5.75 Å². The molecule has 5 heteroatoms. The molecule has 0 aromatic heterocycles. The second-order valence-corrected chi connectivity index (χ2v) is 4.75. The van der Waals surface area contributed by atoms with E-state index in [9.17, 15) is 4.79 Å². The lowest BCUT2D eigenvalue weighted by atomic mass is 10.0. The molecule has 1 aliphatic rings. The Kier molecular flexibility index (Phi) is 5.18. The Morgan fingerprint density at radius 2 is 2.00 bits per heavy atom. The van der Waals surface area contributed by atoms with Gasteiger partial charge >= 0.3 is 0 Å². The molecule has 1 aliphatic heterocycles. The maximum atomic E-state index is 11.1. The van der Waals surface area contributed by atoms with Gasteiger partial charge in [0.15, 0.2) is 0 Å². The number of ether oxygens (including phenoxy) is 2. The van der Waals surface area contributed by atoms with Gasteiger partial charge in [-0.2, -0.15) is 0 Å². The number of carbonyl (C=O) groups is 1. The first-order chi connectivity index (χ1) is 9.28. The predicted molar refractivity (Wildman–Crippen MR) is 71.5 cm³/mol. The van der Waals surface area contributed by atoms with Gasteiger partial charge < -0.3 is 9.47 Å². The van der Waals surface area contributed by atoms with Gasteiger partial charge in [-0.15, -0.1) is 0 Å². The van der Waals surface area contributed by atoms with Crippen LogP contribution >= 0.6 is 0 Å². The number of hydrazine groups is 1. The summed E-state index contributed by atoms with van der Waals surface area (Å²) < 4.78 is 11.1. The fraction of sp³-hybridized carbons (Fsp3) is 0.500. The molecule has 1 aromatic carbocycles. The fourth-order valence-electron chi connectivity index (χ4n) is 2.07. The zero-order valence-electron chi connectivity index (χ0n) is 10.9. The second-order valence-electron chi connectivity index (χ2n) is 4.75. The number of carbonyl (C=O) groups excluding carboxylic acids is 1. The van der Waals surface area contributed by atoms with Crippen molar-refractivity contribution in [2.45, 2.75) is 19.3 Å². The van der Waals surface area contributed by atoms with Crippen LogP contribution in [0.25, 0.3) is 0 Å². The summed E-state index contributed by atoms with van der Waals surface area (Å²) in [5.74, 6) is 6.26. The van der Waals surface area contributed by atoms with Crippen molar-refractivity contribution in [2.75, 3.05) is 19.8 Å². The van der Waals surface area contributed by atoms with E-state index in [1.54, 1.807) is 0 Å². The first-order valence-electron chi connectivity index (χ1n) is 6.57. The van der Waals surface area contributed by atoms with E-state index < -0.39 is 0 Å². The predicted octanol–water partition coefficient (Wildman–Crippen LogP) is 1.02. The van der Waals surface area contributed by atoms with E-state index in [-0.39, 0.29) is 12.3 Å². The minimum atomic E-state index is -0.198. The Morgan fingerprint density at radius 3 is 2.63 bits per heavy atom. The summed E-state index contributed by atoms with van der Waals surface area (Å²) in [6.45, 7) is 2.40. The number of hydrogen-bond acceptors (Lipinski definition) is 4. The van der Waals surface area contributed by atoms with Crippen LogP contribution in [0.2, 0.25) is 0 Å². The third kappa shape index (κ3) is 4.54. The van der Waals surface area contributed by atoms with Crippen molar-refractivity contribution < 1.29 is 14.3 Å². The van der Waals surface area contributed by atoms with Gasteiger partial charge in [0.25, 0.3) is 0 Å². The van der Waals surface area contributed by atoms with Crippen LogP contribution in [0.5, 0.6) is 5.75 Å². The summed E-state index contributed by atoms with van der Waals surface area (Å²) in [6.07, 6.45) is 2.42. The maximum absolute atomic E-state index is 11.1. The maximum Gasteiger partial charge on any atom is 0.238 e. The Labute approximate surface area is 113 Å². The molecule has 0 bridgehead atoms. The Hall–Kier alpha value is -1.59. The standard InChI is InChI=1S/C14H20N2O3/c15-16-14(17)9-11-1-3-13(4-2-11)19-10-12-5-7-18-8-6-12/h1-4,12H,5-10,15H2,(H,16,17). The van der Waals surface area contributed by atoms with Gasteiger partial charge in [0, 0.05) is 13.2 Å².